The summed E-state index contributed by atoms with van der Waals surface area (Å²) in [7, 11) is 2.12. The van der Waals surface area contributed by atoms with E-state index in [-0.39, 0.29) is 0 Å². The Hall–Kier alpha value is -1.35. The molecule has 0 bridgehead atoms. The van der Waals surface area contributed by atoms with Crippen LogP contribution in [-0.4, -0.2) is 68.9 Å². The van der Waals surface area contributed by atoms with Crippen molar-refractivity contribution in [2.45, 2.75) is 31.8 Å². The normalized spacial score (nSPS) is 23.2. The van der Waals surface area contributed by atoms with Crippen LogP contribution in [0.4, 0.5) is 0 Å². The van der Waals surface area contributed by atoms with E-state index in [4.69, 9.17) is 4.74 Å². The highest BCUT2D eigenvalue weighted by molar-refractivity contribution is 7.07. The molecule has 2 aliphatic heterocycles. The van der Waals surface area contributed by atoms with E-state index in [1.54, 1.807) is 11.3 Å². The molecule has 4 rings (SSSR count). The molecule has 0 N–H and O–H groups in total. The first kappa shape index (κ1) is 17.1. The van der Waals surface area contributed by atoms with Crippen molar-refractivity contribution in [1.82, 2.24) is 29.5 Å². The van der Waals surface area contributed by atoms with Gasteiger partial charge in [0.05, 0.1) is 31.0 Å². The van der Waals surface area contributed by atoms with Crippen LogP contribution >= 0.6 is 11.3 Å². The van der Waals surface area contributed by atoms with Gasteiger partial charge in [-0.2, -0.15) is 0 Å². The fraction of sp³-hybridized carbons (Fsp3) is 0.706. The Kier molecular flexibility index (Phi) is 5.40. The Morgan fingerprint density at radius 1 is 1.16 bits per heavy atom. The second kappa shape index (κ2) is 7.90. The number of aromatic nitrogens is 4. The third-order valence-corrected chi connectivity index (χ3v) is 5.84. The Labute approximate surface area is 152 Å². The van der Waals surface area contributed by atoms with Crippen molar-refractivity contribution in [3.63, 3.8) is 0 Å². The van der Waals surface area contributed by atoms with Crippen molar-refractivity contribution in [2.24, 2.45) is 7.05 Å². The van der Waals surface area contributed by atoms with Crippen LogP contribution < -0.4 is 0 Å². The maximum atomic E-state index is 5.43. The molecule has 4 heterocycles. The summed E-state index contributed by atoms with van der Waals surface area (Å²) in [5.74, 6) is 2.66. The first-order valence-corrected chi connectivity index (χ1v) is 10.0. The molecule has 136 valence electrons. The lowest BCUT2D eigenvalue weighted by Crippen LogP contribution is -2.36. The van der Waals surface area contributed by atoms with Crippen molar-refractivity contribution in [1.29, 1.82) is 0 Å². The van der Waals surface area contributed by atoms with Gasteiger partial charge in [-0.3, -0.25) is 9.80 Å². The quantitative estimate of drug-likeness (QED) is 0.803. The predicted octanol–water partition coefficient (Wildman–Crippen LogP) is 1.48. The van der Waals surface area contributed by atoms with Crippen LogP contribution in [0.15, 0.2) is 10.9 Å². The average molecular weight is 363 g/mol. The number of piperidine rings is 1. The van der Waals surface area contributed by atoms with E-state index in [9.17, 15) is 0 Å². The summed E-state index contributed by atoms with van der Waals surface area (Å²) in [6.07, 6.45) is 2.40. The maximum absolute atomic E-state index is 5.43. The maximum Gasteiger partial charge on any atom is 0.146 e. The van der Waals surface area contributed by atoms with E-state index in [0.29, 0.717) is 5.92 Å². The highest BCUT2D eigenvalue weighted by Crippen LogP contribution is 2.27. The summed E-state index contributed by atoms with van der Waals surface area (Å²) >= 11 is 1.67. The van der Waals surface area contributed by atoms with Crippen molar-refractivity contribution in [3.8, 4) is 0 Å². The van der Waals surface area contributed by atoms with Crippen LogP contribution in [0, 0.1) is 0 Å². The molecule has 1 atom stereocenters. The number of hydrogen-bond donors (Lipinski definition) is 0. The molecule has 0 radical (unpaired) electrons. The summed E-state index contributed by atoms with van der Waals surface area (Å²) in [5, 5.41) is 11.2. The highest BCUT2D eigenvalue weighted by Gasteiger charge is 2.26. The minimum atomic E-state index is 0.461. The van der Waals surface area contributed by atoms with Gasteiger partial charge in [0, 0.05) is 44.5 Å². The Morgan fingerprint density at radius 2 is 2.04 bits per heavy atom. The second-order valence-corrected chi connectivity index (χ2v) is 7.69. The van der Waals surface area contributed by atoms with E-state index >= 15 is 0 Å². The minimum absolute atomic E-state index is 0.461. The van der Waals surface area contributed by atoms with Gasteiger partial charge in [0.15, 0.2) is 0 Å². The van der Waals surface area contributed by atoms with Crippen molar-refractivity contribution < 1.29 is 4.74 Å². The second-order valence-electron chi connectivity index (χ2n) is 6.98. The summed E-state index contributed by atoms with van der Waals surface area (Å²) in [4.78, 5) is 9.32. The zero-order chi connectivity index (χ0) is 17.1. The largest absolute Gasteiger partial charge is 0.379 e. The van der Waals surface area contributed by atoms with Gasteiger partial charge in [-0.25, -0.2) is 4.98 Å². The van der Waals surface area contributed by atoms with Gasteiger partial charge in [0.2, 0.25) is 0 Å². The molecule has 7 nitrogen and oxygen atoms in total. The lowest BCUT2D eigenvalue weighted by Gasteiger charge is -2.31. The van der Waals surface area contributed by atoms with E-state index in [1.807, 2.05) is 5.51 Å². The predicted molar refractivity (Wildman–Crippen MR) is 96.5 cm³/mol. The fourth-order valence-corrected chi connectivity index (χ4v) is 4.33. The van der Waals surface area contributed by atoms with E-state index in [2.05, 4.69) is 42.0 Å². The molecular formula is C17H26N6OS. The lowest BCUT2D eigenvalue weighted by molar-refractivity contribution is 0.0326. The SMILES string of the molecule is Cn1c(CN2CCOCC2)nnc1[C@H]1CCCN(Cc2cscn2)C1. The molecule has 0 aromatic carbocycles. The minimum Gasteiger partial charge on any atom is -0.379 e. The lowest BCUT2D eigenvalue weighted by atomic mass is 9.97. The summed E-state index contributed by atoms with van der Waals surface area (Å²) in [5.41, 5.74) is 3.09. The molecule has 8 heteroatoms. The van der Waals surface area contributed by atoms with Crippen LogP contribution in [0.25, 0.3) is 0 Å². The summed E-state index contributed by atoms with van der Waals surface area (Å²) in [6, 6.07) is 0. The number of nitrogens with zero attached hydrogens (tertiary/aromatic N) is 6. The smallest absolute Gasteiger partial charge is 0.146 e. The van der Waals surface area contributed by atoms with Gasteiger partial charge >= 0.3 is 0 Å². The number of likely N-dealkylation sites (tertiary alicyclic amines) is 1. The van der Waals surface area contributed by atoms with Gasteiger partial charge in [-0.15, -0.1) is 21.5 Å². The number of thiazole rings is 1. The van der Waals surface area contributed by atoms with Gasteiger partial charge in [-0.1, -0.05) is 0 Å². The van der Waals surface area contributed by atoms with E-state index < -0.39 is 0 Å². The highest BCUT2D eigenvalue weighted by atomic mass is 32.1. The fourth-order valence-electron chi connectivity index (χ4n) is 3.78. The molecule has 2 fully saturated rings. The molecular weight excluding hydrogens is 336 g/mol. The monoisotopic (exact) mass is 362 g/mol. The number of rotatable bonds is 5. The molecule has 2 saturated heterocycles. The standard InChI is InChI=1S/C17H26N6OS/c1-21-16(11-22-5-7-24-8-6-22)19-20-17(21)14-3-2-4-23(9-14)10-15-12-25-13-18-15/h12-14H,2-11H2,1H3/t14-/m0/s1. The van der Waals surface area contributed by atoms with Gasteiger partial charge < -0.3 is 9.30 Å². The number of ether oxygens (including phenoxy) is 1. The zero-order valence-corrected chi connectivity index (χ0v) is 15.6. The Balaban J connectivity index is 1.40. The molecule has 0 unspecified atom stereocenters. The van der Waals surface area contributed by atoms with Crippen LogP contribution in [0.1, 0.15) is 36.1 Å². The average Bonchev–Trinajstić information content (AvgIpc) is 3.27. The number of morpholine rings is 1. The molecule has 2 aliphatic rings. The topological polar surface area (TPSA) is 59.3 Å². The van der Waals surface area contributed by atoms with E-state index in [0.717, 1.165) is 64.1 Å². The molecule has 2 aromatic rings. The Bertz CT molecular complexity index is 667. The first-order chi connectivity index (χ1) is 12.3. The van der Waals surface area contributed by atoms with E-state index in [1.165, 1.54) is 18.5 Å². The molecule has 0 saturated carbocycles. The summed E-state index contributed by atoms with van der Waals surface area (Å²) in [6.45, 7) is 7.59. The van der Waals surface area contributed by atoms with Crippen LogP contribution in [-0.2, 0) is 24.9 Å². The van der Waals surface area contributed by atoms with Gasteiger partial charge in [0.1, 0.15) is 11.6 Å². The van der Waals surface area contributed by atoms with Crippen molar-refractivity contribution in [3.05, 3.63) is 28.2 Å². The molecule has 0 spiro atoms. The van der Waals surface area contributed by atoms with Crippen LogP contribution in [0.5, 0.6) is 0 Å². The first-order valence-electron chi connectivity index (χ1n) is 9.07. The zero-order valence-electron chi connectivity index (χ0n) is 14.8. The molecule has 0 aliphatic carbocycles. The Morgan fingerprint density at radius 3 is 2.84 bits per heavy atom. The molecule has 0 amide bonds. The van der Waals surface area contributed by atoms with Crippen LogP contribution in [0.3, 0.4) is 0 Å². The van der Waals surface area contributed by atoms with Crippen LogP contribution in [0.2, 0.25) is 0 Å². The van der Waals surface area contributed by atoms with Crippen molar-refractivity contribution in [2.75, 3.05) is 39.4 Å². The third kappa shape index (κ3) is 4.08. The van der Waals surface area contributed by atoms with Gasteiger partial charge in [-0.05, 0) is 19.4 Å². The van der Waals surface area contributed by atoms with Gasteiger partial charge in [0.25, 0.3) is 0 Å². The van der Waals surface area contributed by atoms with Crippen molar-refractivity contribution >= 4 is 11.3 Å². The third-order valence-electron chi connectivity index (χ3n) is 5.21. The summed E-state index contributed by atoms with van der Waals surface area (Å²) < 4.78 is 7.64. The molecule has 25 heavy (non-hydrogen) atoms. The molecule has 2 aromatic heterocycles. The number of hydrogen-bond acceptors (Lipinski definition) is 7.